The number of hydrogen-bond acceptors (Lipinski definition) is 1. The Morgan fingerprint density at radius 3 is 1.11 bits per heavy atom. The third-order valence-corrected chi connectivity index (χ3v) is 5.89. The fraction of sp³-hybridized carbons (Fsp3) is 0.294. The van der Waals surface area contributed by atoms with Crippen molar-refractivity contribution < 1.29 is 4.43 Å². The Morgan fingerprint density at radius 1 is 0.500 bits per heavy atom. The normalized spacial score (nSPS) is 11.5. The molecule has 0 aliphatic heterocycles. The van der Waals surface area contributed by atoms with E-state index in [0.29, 0.717) is 0 Å². The maximum absolute atomic E-state index is 4.39. The minimum atomic E-state index is 0.000245. The first kappa shape index (κ1) is 31.1. The molecular formula is C34H46OSi. The number of fused-ring (bicyclic) bond motifs is 3. The fourth-order valence-corrected chi connectivity index (χ4v) is 4.36. The van der Waals surface area contributed by atoms with E-state index in [1.54, 1.807) is 7.11 Å². The summed E-state index contributed by atoms with van der Waals surface area (Å²) in [6, 6.07) is 35.2. The first-order chi connectivity index (χ1) is 17.6. The molecule has 192 valence electrons. The molecule has 0 saturated heterocycles. The second kappa shape index (κ2) is 15.9. The quantitative estimate of drug-likeness (QED) is 0.250. The van der Waals surface area contributed by atoms with E-state index in [1.165, 1.54) is 44.5 Å². The van der Waals surface area contributed by atoms with Gasteiger partial charge in [-0.15, -0.1) is 0 Å². The molecule has 0 fully saturated rings. The highest BCUT2D eigenvalue weighted by molar-refractivity contribution is 5.97. The summed E-state index contributed by atoms with van der Waals surface area (Å²) in [7, 11) is 2.56. The molecule has 1 aliphatic carbocycles. The smallest absolute Gasteiger partial charge is 0.145 e. The molecule has 1 aliphatic rings. The highest BCUT2D eigenvalue weighted by atomic mass is 28.2. The maximum atomic E-state index is 4.39. The second-order valence-corrected chi connectivity index (χ2v) is 9.10. The Bertz CT molecular complexity index is 1060. The van der Waals surface area contributed by atoms with E-state index in [2.05, 4.69) is 115 Å². The molecular weight excluding hydrogens is 452 g/mol. The average molecular weight is 499 g/mol. The first-order valence-corrected chi connectivity index (χ1v) is 14.2. The number of rotatable bonds is 2. The Morgan fingerprint density at radius 2 is 0.806 bits per heavy atom. The van der Waals surface area contributed by atoms with Gasteiger partial charge >= 0.3 is 0 Å². The van der Waals surface area contributed by atoms with Crippen LogP contribution in [0.5, 0.6) is 0 Å². The van der Waals surface area contributed by atoms with Crippen molar-refractivity contribution in [3.8, 4) is 33.4 Å². The van der Waals surface area contributed by atoms with Gasteiger partial charge in [0, 0.05) is 12.5 Å². The van der Waals surface area contributed by atoms with Gasteiger partial charge in [-0.1, -0.05) is 140 Å². The van der Waals surface area contributed by atoms with Crippen LogP contribution in [0.25, 0.3) is 33.4 Å². The zero-order chi connectivity index (χ0) is 27.1. The van der Waals surface area contributed by atoms with E-state index < -0.39 is 0 Å². The summed E-state index contributed by atoms with van der Waals surface area (Å²) in [5.74, 6) is 0. The first-order valence-electron chi connectivity index (χ1n) is 13.4. The van der Waals surface area contributed by atoms with Crippen molar-refractivity contribution in [2.45, 2.75) is 60.8 Å². The molecule has 0 N–H and O–H groups in total. The van der Waals surface area contributed by atoms with Crippen LogP contribution < -0.4 is 0 Å². The van der Waals surface area contributed by atoms with Gasteiger partial charge < -0.3 is 4.43 Å². The molecule has 0 spiro atoms. The summed E-state index contributed by atoms with van der Waals surface area (Å²) >= 11 is 0. The van der Waals surface area contributed by atoms with Gasteiger partial charge in [0.25, 0.3) is 0 Å². The van der Waals surface area contributed by atoms with Crippen molar-refractivity contribution in [3.63, 3.8) is 0 Å². The molecule has 0 unspecified atom stereocenters. The van der Waals surface area contributed by atoms with Crippen LogP contribution >= 0.6 is 0 Å². The molecule has 0 radical (unpaired) electrons. The van der Waals surface area contributed by atoms with Gasteiger partial charge in [-0.05, 0) is 56.6 Å². The highest BCUT2D eigenvalue weighted by Crippen LogP contribution is 2.50. The monoisotopic (exact) mass is 498 g/mol. The summed E-state index contributed by atoms with van der Waals surface area (Å²) in [5, 5.41) is 0. The third-order valence-electron chi connectivity index (χ3n) is 5.89. The molecule has 4 aromatic carbocycles. The summed E-state index contributed by atoms with van der Waals surface area (Å²) < 4.78 is 4.39. The second-order valence-electron chi connectivity index (χ2n) is 8.29. The van der Waals surface area contributed by atoms with Crippen LogP contribution in [-0.2, 0) is 9.84 Å². The zero-order valence-corrected chi connectivity index (χ0v) is 26.1. The molecule has 0 heterocycles. The van der Waals surface area contributed by atoms with E-state index in [9.17, 15) is 0 Å². The lowest BCUT2D eigenvalue weighted by molar-refractivity contribution is 0.460. The van der Waals surface area contributed by atoms with E-state index in [1.807, 2.05) is 41.5 Å². The lowest BCUT2D eigenvalue weighted by Crippen LogP contribution is -2.15. The lowest BCUT2D eigenvalue weighted by atomic mass is 9.81. The van der Waals surface area contributed by atoms with Crippen LogP contribution in [0.15, 0.2) is 97.1 Å². The summed E-state index contributed by atoms with van der Waals surface area (Å²) in [5.41, 5.74) is 10.7. The molecule has 0 amide bonds. The van der Waals surface area contributed by atoms with Crippen molar-refractivity contribution in [3.05, 3.63) is 108 Å². The molecule has 5 rings (SSSR count). The van der Waals surface area contributed by atoms with Crippen molar-refractivity contribution in [1.82, 2.24) is 0 Å². The average Bonchev–Trinajstić information content (AvgIpc) is 3.19. The van der Waals surface area contributed by atoms with Crippen molar-refractivity contribution in [1.29, 1.82) is 0 Å². The van der Waals surface area contributed by atoms with E-state index in [-0.39, 0.29) is 5.41 Å². The lowest BCUT2D eigenvalue weighted by Gasteiger charge is -2.22. The molecule has 0 aromatic heterocycles. The molecule has 0 atom stereocenters. The molecule has 2 heteroatoms. The zero-order valence-electron chi connectivity index (χ0n) is 24.1. The van der Waals surface area contributed by atoms with E-state index in [0.717, 1.165) is 10.5 Å². The van der Waals surface area contributed by atoms with Crippen LogP contribution in [0, 0.1) is 0 Å². The SMILES string of the molecule is CC.CC.CC.CC1(C)c2cc(-c3ccccc3)ccc2-c2ccc(-c3ccccc3)cc21.CO[SiH3]. The van der Waals surface area contributed by atoms with Gasteiger partial charge in [0.1, 0.15) is 10.5 Å². The van der Waals surface area contributed by atoms with Crippen molar-refractivity contribution >= 4 is 10.5 Å². The van der Waals surface area contributed by atoms with Gasteiger partial charge in [0.05, 0.1) is 0 Å². The molecule has 1 nitrogen and oxygen atoms in total. The summed E-state index contributed by atoms with van der Waals surface area (Å²) in [4.78, 5) is 0. The fourth-order valence-electron chi connectivity index (χ4n) is 4.36. The van der Waals surface area contributed by atoms with Crippen LogP contribution in [-0.4, -0.2) is 17.6 Å². The van der Waals surface area contributed by atoms with Crippen LogP contribution in [0.1, 0.15) is 66.5 Å². The maximum Gasteiger partial charge on any atom is 0.145 e. The van der Waals surface area contributed by atoms with Gasteiger partial charge in [-0.2, -0.15) is 0 Å². The minimum absolute atomic E-state index is 0.000245. The van der Waals surface area contributed by atoms with Crippen molar-refractivity contribution in [2.24, 2.45) is 0 Å². The predicted octanol–water partition coefficient (Wildman–Crippen LogP) is 9.32. The van der Waals surface area contributed by atoms with Crippen molar-refractivity contribution in [2.75, 3.05) is 7.11 Å². The van der Waals surface area contributed by atoms with E-state index in [4.69, 9.17) is 0 Å². The van der Waals surface area contributed by atoms with Gasteiger partial charge in [0.2, 0.25) is 0 Å². The summed E-state index contributed by atoms with van der Waals surface area (Å²) in [6.45, 7) is 16.7. The molecule has 4 aromatic rings. The molecule has 0 bridgehead atoms. The third kappa shape index (κ3) is 7.06. The standard InChI is InChI=1S/C27H22.3C2H6.CH6OSi/c1-27(2)25-17-21(19-9-5-3-6-10-19)13-15-23(25)24-16-14-22(18-26(24)27)20-11-7-4-8-12-20;3*1-2;1-2-3/h3-18H,1-2H3;3*1-2H3;1,3H3. The Hall–Kier alpha value is -2.94. The number of hydrogen-bond donors (Lipinski definition) is 0. The van der Waals surface area contributed by atoms with E-state index >= 15 is 0 Å². The van der Waals surface area contributed by atoms with Gasteiger partial charge in [-0.25, -0.2) is 0 Å². The minimum Gasteiger partial charge on any atom is -0.431 e. The van der Waals surface area contributed by atoms with Crippen LogP contribution in [0.4, 0.5) is 0 Å². The Balaban J connectivity index is 0.000000647. The Kier molecular flexibility index (Phi) is 13.8. The van der Waals surface area contributed by atoms with Crippen LogP contribution in [0.3, 0.4) is 0 Å². The largest absolute Gasteiger partial charge is 0.431 e. The predicted molar refractivity (Wildman–Crippen MR) is 166 cm³/mol. The topological polar surface area (TPSA) is 9.23 Å². The number of benzene rings is 4. The Labute approximate surface area is 224 Å². The molecule has 36 heavy (non-hydrogen) atoms. The highest BCUT2D eigenvalue weighted by Gasteiger charge is 2.35. The summed E-state index contributed by atoms with van der Waals surface area (Å²) in [6.07, 6.45) is 0. The van der Waals surface area contributed by atoms with Crippen LogP contribution in [0.2, 0.25) is 0 Å². The van der Waals surface area contributed by atoms with Gasteiger partial charge in [0.15, 0.2) is 0 Å². The molecule has 0 saturated carbocycles. The van der Waals surface area contributed by atoms with Gasteiger partial charge in [-0.3, -0.25) is 0 Å².